The highest BCUT2D eigenvalue weighted by atomic mass is 16.5. The van der Waals surface area contributed by atoms with Crippen LogP contribution >= 0.6 is 0 Å². The standard InChI is InChI=1S/C25H21N3O3/c1-30-25-16-15-22(27-28-25)19-11-13-20(14-12-19)26-24(29)17-31-23-10-6-5-9-21(23)18-7-3-2-4-8-18/h2-16H,17H2,1H3,(H,26,29). The molecule has 6 heteroatoms. The molecule has 0 saturated carbocycles. The Bertz CT molecular complexity index is 1140. The normalized spacial score (nSPS) is 10.4. The van der Waals surface area contributed by atoms with Crippen molar-refractivity contribution in [1.82, 2.24) is 10.2 Å². The Labute approximate surface area is 180 Å². The molecule has 0 aliphatic heterocycles. The highest BCUT2D eigenvalue weighted by Crippen LogP contribution is 2.29. The van der Waals surface area contributed by atoms with E-state index in [1.165, 1.54) is 0 Å². The van der Waals surface area contributed by atoms with Crippen molar-refractivity contribution in [2.75, 3.05) is 19.0 Å². The summed E-state index contributed by atoms with van der Waals surface area (Å²) in [6.07, 6.45) is 0. The Kier molecular flexibility index (Phi) is 6.18. The molecular formula is C25H21N3O3. The number of hydrogen-bond donors (Lipinski definition) is 1. The molecule has 6 nitrogen and oxygen atoms in total. The van der Waals surface area contributed by atoms with E-state index in [1.807, 2.05) is 84.9 Å². The van der Waals surface area contributed by atoms with E-state index in [0.29, 0.717) is 17.3 Å². The Balaban J connectivity index is 1.37. The van der Waals surface area contributed by atoms with Gasteiger partial charge in [-0.15, -0.1) is 10.2 Å². The highest BCUT2D eigenvalue weighted by molar-refractivity contribution is 5.92. The van der Waals surface area contributed by atoms with E-state index in [1.54, 1.807) is 13.2 Å². The number of benzene rings is 3. The van der Waals surface area contributed by atoms with Gasteiger partial charge < -0.3 is 14.8 Å². The summed E-state index contributed by atoms with van der Waals surface area (Å²) in [5.41, 5.74) is 4.27. The average Bonchev–Trinajstić information content (AvgIpc) is 2.84. The third-order valence-corrected chi connectivity index (χ3v) is 4.64. The van der Waals surface area contributed by atoms with Crippen LogP contribution in [0.15, 0.2) is 91.0 Å². The fourth-order valence-corrected chi connectivity index (χ4v) is 3.10. The van der Waals surface area contributed by atoms with E-state index in [2.05, 4.69) is 15.5 Å². The summed E-state index contributed by atoms with van der Waals surface area (Å²) in [6.45, 7) is -0.0877. The first kappa shape index (κ1) is 20.1. The van der Waals surface area contributed by atoms with E-state index in [-0.39, 0.29) is 12.5 Å². The molecule has 1 aromatic heterocycles. The second-order valence-corrected chi connectivity index (χ2v) is 6.74. The zero-order valence-corrected chi connectivity index (χ0v) is 17.0. The zero-order chi connectivity index (χ0) is 21.5. The number of amides is 1. The van der Waals surface area contributed by atoms with Crippen molar-refractivity contribution in [3.8, 4) is 34.0 Å². The van der Waals surface area contributed by atoms with Gasteiger partial charge in [-0.3, -0.25) is 4.79 Å². The number of hydrogen-bond acceptors (Lipinski definition) is 5. The molecule has 0 fully saturated rings. The number of nitrogens with one attached hydrogen (secondary N) is 1. The Morgan fingerprint density at radius 1 is 0.806 bits per heavy atom. The molecule has 0 aliphatic rings. The first-order valence-electron chi connectivity index (χ1n) is 9.78. The van der Waals surface area contributed by atoms with Gasteiger partial charge in [-0.2, -0.15) is 0 Å². The fourth-order valence-electron chi connectivity index (χ4n) is 3.10. The van der Waals surface area contributed by atoms with Gasteiger partial charge in [0.25, 0.3) is 5.91 Å². The highest BCUT2D eigenvalue weighted by Gasteiger charge is 2.09. The molecule has 0 spiro atoms. The molecule has 1 N–H and O–H groups in total. The lowest BCUT2D eigenvalue weighted by Crippen LogP contribution is -2.20. The predicted molar refractivity (Wildman–Crippen MR) is 120 cm³/mol. The quantitative estimate of drug-likeness (QED) is 0.471. The largest absolute Gasteiger partial charge is 0.483 e. The summed E-state index contributed by atoms with van der Waals surface area (Å²) in [4.78, 5) is 12.4. The lowest BCUT2D eigenvalue weighted by Gasteiger charge is -2.12. The number of anilines is 1. The number of carbonyl (C=O) groups is 1. The van der Waals surface area contributed by atoms with E-state index >= 15 is 0 Å². The molecule has 0 aliphatic carbocycles. The summed E-state index contributed by atoms with van der Waals surface area (Å²) in [6, 6.07) is 28.6. The summed E-state index contributed by atoms with van der Waals surface area (Å²) in [5, 5.41) is 10.9. The van der Waals surface area contributed by atoms with Crippen LogP contribution < -0.4 is 14.8 Å². The smallest absolute Gasteiger partial charge is 0.262 e. The van der Waals surface area contributed by atoms with Crippen LogP contribution in [0.1, 0.15) is 0 Å². The molecule has 0 saturated heterocycles. The Morgan fingerprint density at radius 2 is 1.55 bits per heavy atom. The van der Waals surface area contributed by atoms with Crippen LogP contribution in [0.3, 0.4) is 0 Å². The molecule has 0 radical (unpaired) electrons. The topological polar surface area (TPSA) is 73.3 Å². The number of methoxy groups -OCH3 is 1. The molecule has 154 valence electrons. The molecule has 0 bridgehead atoms. The summed E-state index contributed by atoms with van der Waals surface area (Å²) < 4.78 is 10.8. The molecule has 0 unspecified atom stereocenters. The van der Waals surface area contributed by atoms with Gasteiger partial charge in [0.15, 0.2) is 6.61 Å². The van der Waals surface area contributed by atoms with E-state index in [9.17, 15) is 4.79 Å². The van der Waals surface area contributed by atoms with E-state index < -0.39 is 0 Å². The van der Waals surface area contributed by atoms with Crippen molar-refractivity contribution >= 4 is 11.6 Å². The first-order valence-corrected chi connectivity index (χ1v) is 9.78. The summed E-state index contributed by atoms with van der Waals surface area (Å²) in [7, 11) is 1.55. The van der Waals surface area contributed by atoms with Crippen molar-refractivity contribution in [2.24, 2.45) is 0 Å². The monoisotopic (exact) mass is 411 g/mol. The van der Waals surface area contributed by atoms with Crippen LogP contribution in [0.4, 0.5) is 5.69 Å². The number of para-hydroxylation sites is 1. The van der Waals surface area contributed by atoms with Crippen LogP contribution in [0.5, 0.6) is 11.6 Å². The number of nitrogens with zero attached hydrogens (tertiary/aromatic N) is 2. The molecule has 4 aromatic rings. The minimum Gasteiger partial charge on any atom is -0.483 e. The van der Waals surface area contributed by atoms with Crippen LogP contribution in [0.2, 0.25) is 0 Å². The van der Waals surface area contributed by atoms with Crippen molar-refractivity contribution < 1.29 is 14.3 Å². The fraction of sp³-hybridized carbons (Fsp3) is 0.0800. The van der Waals surface area contributed by atoms with Gasteiger partial charge in [-0.05, 0) is 29.8 Å². The maximum Gasteiger partial charge on any atom is 0.262 e. The van der Waals surface area contributed by atoms with Crippen LogP contribution in [-0.2, 0) is 4.79 Å². The predicted octanol–water partition coefficient (Wildman–Crippen LogP) is 4.84. The molecule has 3 aromatic carbocycles. The third kappa shape index (κ3) is 5.05. The zero-order valence-electron chi connectivity index (χ0n) is 17.0. The van der Waals surface area contributed by atoms with Crippen LogP contribution in [0, 0.1) is 0 Å². The van der Waals surface area contributed by atoms with Crippen molar-refractivity contribution in [3.05, 3.63) is 91.0 Å². The van der Waals surface area contributed by atoms with Crippen LogP contribution in [-0.4, -0.2) is 29.8 Å². The lowest BCUT2D eigenvalue weighted by molar-refractivity contribution is -0.118. The summed E-state index contributed by atoms with van der Waals surface area (Å²) in [5.74, 6) is 0.888. The van der Waals surface area contributed by atoms with Gasteiger partial charge in [0, 0.05) is 22.9 Å². The number of rotatable bonds is 7. The molecule has 31 heavy (non-hydrogen) atoms. The second kappa shape index (κ2) is 9.54. The van der Waals surface area contributed by atoms with Gasteiger partial charge >= 0.3 is 0 Å². The molecule has 1 amide bonds. The third-order valence-electron chi connectivity index (χ3n) is 4.64. The maximum absolute atomic E-state index is 12.4. The Morgan fingerprint density at radius 3 is 2.26 bits per heavy atom. The first-order chi connectivity index (χ1) is 15.2. The number of aromatic nitrogens is 2. The molecular weight excluding hydrogens is 390 g/mol. The minimum atomic E-state index is -0.236. The van der Waals surface area contributed by atoms with E-state index in [4.69, 9.17) is 9.47 Å². The summed E-state index contributed by atoms with van der Waals surface area (Å²) >= 11 is 0. The van der Waals surface area contributed by atoms with E-state index in [0.717, 1.165) is 22.4 Å². The van der Waals surface area contributed by atoms with Gasteiger partial charge in [0.1, 0.15) is 5.75 Å². The van der Waals surface area contributed by atoms with Gasteiger partial charge in [-0.25, -0.2) is 0 Å². The van der Waals surface area contributed by atoms with Crippen molar-refractivity contribution in [2.45, 2.75) is 0 Å². The van der Waals surface area contributed by atoms with Crippen molar-refractivity contribution in [1.29, 1.82) is 0 Å². The maximum atomic E-state index is 12.4. The number of carbonyl (C=O) groups excluding carboxylic acids is 1. The molecule has 1 heterocycles. The molecule has 4 rings (SSSR count). The number of ether oxygens (including phenoxy) is 2. The lowest BCUT2D eigenvalue weighted by atomic mass is 10.1. The SMILES string of the molecule is COc1ccc(-c2ccc(NC(=O)COc3ccccc3-c3ccccc3)cc2)nn1. The average molecular weight is 411 g/mol. The second-order valence-electron chi connectivity index (χ2n) is 6.74. The molecule has 0 atom stereocenters. The minimum absolute atomic E-state index is 0.0877. The van der Waals surface area contributed by atoms with Gasteiger partial charge in [-0.1, -0.05) is 60.7 Å². The van der Waals surface area contributed by atoms with Gasteiger partial charge in [0.2, 0.25) is 5.88 Å². The van der Waals surface area contributed by atoms with Gasteiger partial charge in [0.05, 0.1) is 12.8 Å². The van der Waals surface area contributed by atoms with Crippen molar-refractivity contribution in [3.63, 3.8) is 0 Å². The Hall–Kier alpha value is -4.19. The van der Waals surface area contributed by atoms with Crippen LogP contribution in [0.25, 0.3) is 22.4 Å².